The lowest BCUT2D eigenvalue weighted by molar-refractivity contribution is 0.0669. The van der Waals surface area contributed by atoms with Crippen LogP contribution in [-0.2, 0) is 6.54 Å². The lowest BCUT2D eigenvalue weighted by Crippen LogP contribution is -2.40. The van der Waals surface area contributed by atoms with Crippen molar-refractivity contribution in [2.24, 2.45) is 0 Å². The van der Waals surface area contributed by atoms with Crippen LogP contribution in [0.15, 0.2) is 59.7 Å². The standard InChI is InChI=1S/C21H23N3O2/c1-4-16(3)24(14-17-10-8-15(2)9-11-17)21(26)18-13-22-19-7-5-6-12-23(19)20(18)25/h5-13,16H,4,14H2,1-3H3. The van der Waals surface area contributed by atoms with Crippen molar-refractivity contribution in [1.82, 2.24) is 14.3 Å². The number of benzene rings is 1. The van der Waals surface area contributed by atoms with Crippen molar-refractivity contribution in [2.45, 2.75) is 39.8 Å². The number of fused-ring (bicyclic) bond motifs is 1. The first-order chi connectivity index (χ1) is 12.5. The highest BCUT2D eigenvalue weighted by molar-refractivity contribution is 5.94. The van der Waals surface area contributed by atoms with Crippen molar-refractivity contribution in [3.05, 3.63) is 81.9 Å². The van der Waals surface area contributed by atoms with Crippen LogP contribution in [0.1, 0.15) is 41.8 Å². The number of carbonyl (C=O) groups is 1. The Morgan fingerprint density at radius 1 is 1.19 bits per heavy atom. The van der Waals surface area contributed by atoms with E-state index in [-0.39, 0.29) is 23.1 Å². The molecule has 0 saturated heterocycles. The normalized spacial score (nSPS) is 12.1. The second-order valence-corrected chi connectivity index (χ2v) is 6.58. The molecule has 0 fully saturated rings. The van der Waals surface area contributed by atoms with Gasteiger partial charge in [-0.25, -0.2) is 4.98 Å². The fourth-order valence-corrected chi connectivity index (χ4v) is 2.87. The molecule has 0 aliphatic rings. The third kappa shape index (κ3) is 3.52. The van der Waals surface area contributed by atoms with Gasteiger partial charge in [-0.2, -0.15) is 0 Å². The summed E-state index contributed by atoms with van der Waals surface area (Å²) in [7, 11) is 0. The van der Waals surface area contributed by atoms with Gasteiger partial charge in [-0.05, 0) is 38.0 Å². The minimum Gasteiger partial charge on any atom is -0.331 e. The van der Waals surface area contributed by atoms with Crippen molar-refractivity contribution >= 4 is 11.6 Å². The van der Waals surface area contributed by atoms with Gasteiger partial charge in [-0.1, -0.05) is 42.8 Å². The van der Waals surface area contributed by atoms with Gasteiger partial charge in [0.2, 0.25) is 0 Å². The molecule has 0 N–H and O–H groups in total. The van der Waals surface area contributed by atoms with Crippen molar-refractivity contribution in [3.63, 3.8) is 0 Å². The molecule has 5 heteroatoms. The van der Waals surface area contributed by atoms with Gasteiger partial charge in [0.05, 0.1) is 0 Å². The largest absolute Gasteiger partial charge is 0.331 e. The number of amides is 1. The third-order valence-electron chi connectivity index (χ3n) is 4.70. The van der Waals surface area contributed by atoms with Crippen LogP contribution in [0.3, 0.4) is 0 Å². The SMILES string of the molecule is CCC(C)N(Cc1ccc(C)cc1)C(=O)c1cnc2ccccn2c1=O. The average Bonchev–Trinajstić information content (AvgIpc) is 2.67. The molecule has 1 amide bonds. The Labute approximate surface area is 152 Å². The molecule has 2 aromatic heterocycles. The Morgan fingerprint density at radius 2 is 1.92 bits per heavy atom. The second-order valence-electron chi connectivity index (χ2n) is 6.58. The Hall–Kier alpha value is -2.95. The molecule has 0 aliphatic carbocycles. The quantitative estimate of drug-likeness (QED) is 0.709. The number of aromatic nitrogens is 2. The Kier molecular flexibility index (Phi) is 5.16. The van der Waals surface area contributed by atoms with Crippen LogP contribution < -0.4 is 5.56 Å². The van der Waals surface area contributed by atoms with Crippen molar-refractivity contribution < 1.29 is 4.79 Å². The summed E-state index contributed by atoms with van der Waals surface area (Å²) in [5.74, 6) is -0.282. The number of hydrogen-bond donors (Lipinski definition) is 0. The van der Waals surface area contributed by atoms with Crippen LogP contribution in [0.4, 0.5) is 0 Å². The first kappa shape index (κ1) is 17.9. The molecule has 1 unspecified atom stereocenters. The van der Waals surface area contributed by atoms with Crippen LogP contribution in [-0.4, -0.2) is 26.2 Å². The summed E-state index contributed by atoms with van der Waals surface area (Å²) >= 11 is 0. The topological polar surface area (TPSA) is 54.7 Å². The summed E-state index contributed by atoms with van der Waals surface area (Å²) in [5, 5.41) is 0. The zero-order valence-corrected chi connectivity index (χ0v) is 15.3. The maximum atomic E-state index is 13.2. The molecule has 134 valence electrons. The molecule has 3 rings (SSSR count). The summed E-state index contributed by atoms with van der Waals surface area (Å²) < 4.78 is 1.41. The average molecular weight is 349 g/mol. The van der Waals surface area contributed by atoms with Gasteiger partial charge >= 0.3 is 0 Å². The number of carbonyl (C=O) groups excluding carboxylic acids is 1. The molecular weight excluding hydrogens is 326 g/mol. The van der Waals surface area contributed by atoms with Gasteiger partial charge in [0, 0.05) is 25.0 Å². The first-order valence-electron chi connectivity index (χ1n) is 8.84. The van der Waals surface area contributed by atoms with Crippen molar-refractivity contribution in [1.29, 1.82) is 0 Å². The number of aryl methyl sites for hydroxylation is 1. The van der Waals surface area contributed by atoms with E-state index in [0.29, 0.717) is 12.2 Å². The Balaban J connectivity index is 1.99. The number of nitrogens with zero attached hydrogens (tertiary/aromatic N) is 3. The van der Waals surface area contributed by atoms with Gasteiger partial charge in [-0.15, -0.1) is 0 Å². The van der Waals surface area contributed by atoms with E-state index in [1.807, 2.05) is 51.1 Å². The van der Waals surface area contributed by atoms with Gasteiger partial charge in [0.1, 0.15) is 11.2 Å². The first-order valence-corrected chi connectivity index (χ1v) is 8.84. The van der Waals surface area contributed by atoms with Gasteiger partial charge in [0.15, 0.2) is 0 Å². The van der Waals surface area contributed by atoms with E-state index < -0.39 is 0 Å². The Morgan fingerprint density at radius 3 is 2.62 bits per heavy atom. The van der Waals surface area contributed by atoms with Crippen LogP contribution >= 0.6 is 0 Å². The molecule has 3 aromatic rings. The minimum absolute atomic E-state index is 0.0136. The lowest BCUT2D eigenvalue weighted by Gasteiger charge is -2.28. The third-order valence-corrected chi connectivity index (χ3v) is 4.70. The molecule has 1 atom stereocenters. The fourth-order valence-electron chi connectivity index (χ4n) is 2.87. The summed E-state index contributed by atoms with van der Waals surface area (Å²) in [6.07, 6.45) is 3.83. The van der Waals surface area contributed by atoms with Gasteiger partial charge in [-0.3, -0.25) is 14.0 Å². The summed E-state index contributed by atoms with van der Waals surface area (Å²) in [6.45, 7) is 6.53. The highest BCUT2D eigenvalue weighted by Crippen LogP contribution is 2.14. The van der Waals surface area contributed by atoms with Crippen molar-refractivity contribution in [2.75, 3.05) is 0 Å². The molecule has 0 radical (unpaired) electrons. The summed E-state index contributed by atoms with van der Waals surface area (Å²) in [6, 6.07) is 13.4. The molecule has 0 spiro atoms. The maximum absolute atomic E-state index is 13.2. The number of rotatable bonds is 5. The monoisotopic (exact) mass is 349 g/mol. The van der Waals surface area contributed by atoms with Crippen LogP contribution in [0, 0.1) is 6.92 Å². The fraction of sp³-hybridized carbons (Fsp3) is 0.286. The van der Waals surface area contributed by atoms with Gasteiger partial charge < -0.3 is 4.90 Å². The van der Waals surface area contributed by atoms with E-state index in [4.69, 9.17) is 0 Å². The van der Waals surface area contributed by atoms with Gasteiger partial charge in [0.25, 0.3) is 11.5 Å². The molecule has 1 aromatic carbocycles. The number of pyridine rings is 1. The number of hydrogen-bond acceptors (Lipinski definition) is 3. The van der Waals surface area contributed by atoms with E-state index in [9.17, 15) is 9.59 Å². The van der Waals surface area contributed by atoms with E-state index >= 15 is 0 Å². The molecule has 5 nitrogen and oxygen atoms in total. The molecule has 0 aliphatic heterocycles. The Bertz CT molecular complexity index is 976. The molecular formula is C21H23N3O2. The predicted molar refractivity (Wildman–Crippen MR) is 102 cm³/mol. The highest BCUT2D eigenvalue weighted by Gasteiger charge is 2.24. The summed E-state index contributed by atoms with van der Waals surface area (Å²) in [4.78, 5) is 31.9. The predicted octanol–water partition coefficient (Wildman–Crippen LogP) is 3.44. The zero-order chi connectivity index (χ0) is 18.7. The molecule has 26 heavy (non-hydrogen) atoms. The molecule has 0 saturated carbocycles. The van der Waals surface area contributed by atoms with E-state index in [1.165, 1.54) is 16.2 Å². The summed E-state index contributed by atoms with van der Waals surface area (Å²) in [5.41, 5.74) is 2.51. The van der Waals surface area contributed by atoms with Crippen LogP contribution in [0.5, 0.6) is 0 Å². The smallest absolute Gasteiger partial charge is 0.270 e. The molecule has 2 heterocycles. The van der Waals surface area contributed by atoms with Crippen LogP contribution in [0.25, 0.3) is 5.65 Å². The van der Waals surface area contributed by atoms with Crippen LogP contribution in [0.2, 0.25) is 0 Å². The molecule has 0 bridgehead atoms. The zero-order valence-electron chi connectivity index (χ0n) is 15.3. The van der Waals surface area contributed by atoms with Crippen molar-refractivity contribution in [3.8, 4) is 0 Å². The van der Waals surface area contributed by atoms with E-state index in [2.05, 4.69) is 4.98 Å². The minimum atomic E-state index is -0.335. The van der Waals surface area contributed by atoms with E-state index in [1.54, 1.807) is 23.2 Å². The van der Waals surface area contributed by atoms with E-state index in [0.717, 1.165) is 12.0 Å². The maximum Gasteiger partial charge on any atom is 0.270 e. The second kappa shape index (κ2) is 7.52. The highest BCUT2D eigenvalue weighted by atomic mass is 16.2. The lowest BCUT2D eigenvalue weighted by atomic mass is 10.1.